The molecule has 0 radical (unpaired) electrons. The fraction of sp³-hybridized carbons (Fsp3) is 0.458. The number of fused-ring (bicyclic) bond motifs is 1. The molecule has 0 aliphatic heterocycles. The molecule has 0 spiro atoms. The van der Waals surface area contributed by atoms with Gasteiger partial charge in [0.2, 0.25) is 0 Å². The van der Waals surface area contributed by atoms with Crippen molar-refractivity contribution in [3.05, 3.63) is 46.5 Å². The van der Waals surface area contributed by atoms with Crippen molar-refractivity contribution in [3.8, 4) is 22.6 Å². The molecule has 4 heteroatoms. The maximum atomic E-state index is 9.01. The first kappa shape index (κ1) is 20.2. The lowest BCUT2D eigenvalue weighted by Gasteiger charge is -2.42. The molecule has 0 amide bonds. The molecule has 0 aromatic heterocycles. The molecule has 28 heavy (non-hydrogen) atoms. The average Bonchev–Trinajstić information content (AvgIpc) is 2.65. The topological polar surface area (TPSA) is 51.0 Å². The first-order valence-corrected chi connectivity index (χ1v) is 9.74. The van der Waals surface area contributed by atoms with Crippen molar-refractivity contribution >= 4 is 6.21 Å². The highest BCUT2D eigenvalue weighted by Crippen LogP contribution is 2.49. The van der Waals surface area contributed by atoms with E-state index in [9.17, 15) is 0 Å². The molecule has 3 rings (SSSR count). The van der Waals surface area contributed by atoms with E-state index in [-0.39, 0.29) is 10.8 Å². The van der Waals surface area contributed by atoms with E-state index in [0.29, 0.717) is 11.5 Å². The molecule has 0 saturated heterocycles. The smallest absolute Gasteiger partial charge is 0.168 e. The maximum Gasteiger partial charge on any atom is 0.168 e. The molecule has 1 aliphatic rings. The Morgan fingerprint density at radius 1 is 0.893 bits per heavy atom. The second-order valence-electron chi connectivity index (χ2n) is 9.03. The minimum absolute atomic E-state index is 0.120. The Labute approximate surface area is 168 Å². The van der Waals surface area contributed by atoms with Crippen LogP contribution in [0.25, 0.3) is 11.1 Å². The van der Waals surface area contributed by atoms with Gasteiger partial charge in [-0.2, -0.15) is 0 Å². The number of aryl methyl sites for hydroxylation is 1. The number of nitrogens with zero attached hydrogens (tertiary/aromatic N) is 1. The SMILES string of the molecule is COc1cc(C=NO)cc(-c2cc3c(cc2C)C(C)(C)CCC3(C)C)c1OC. The van der Waals surface area contributed by atoms with Crippen LogP contribution in [0.2, 0.25) is 0 Å². The molecule has 1 N–H and O–H groups in total. The van der Waals surface area contributed by atoms with Gasteiger partial charge >= 0.3 is 0 Å². The number of ether oxygens (including phenoxy) is 2. The number of hydrogen-bond acceptors (Lipinski definition) is 4. The predicted molar refractivity (Wildman–Crippen MR) is 114 cm³/mol. The normalized spacial score (nSPS) is 17.4. The zero-order chi connectivity index (χ0) is 20.7. The monoisotopic (exact) mass is 381 g/mol. The van der Waals surface area contributed by atoms with Gasteiger partial charge in [0, 0.05) is 11.1 Å². The lowest BCUT2D eigenvalue weighted by atomic mass is 9.62. The molecule has 0 unspecified atom stereocenters. The Balaban J connectivity index is 2.32. The molecule has 4 nitrogen and oxygen atoms in total. The molecular weight excluding hydrogens is 350 g/mol. The average molecular weight is 382 g/mol. The minimum atomic E-state index is 0.120. The molecule has 0 heterocycles. The van der Waals surface area contributed by atoms with Gasteiger partial charge in [0.1, 0.15) is 0 Å². The molecule has 150 valence electrons. The second-order valence-corrected chi connectivity index (χ2v) is 9.03. The van der Waals surface area contributed by atoms with Crippen molar-refractivity contribution in [2.24, 2.45) is 5.16 Å². The summed E-state index contributed by atoms with van der Waals surface area (Å²) in [5.41, 5.74) is 7.13. The van der Waals surface area contributed by atoms with Gasteiger partial charge in [-0.15, -0.1) is 0 Å². The van der Waals surface area contributed by atoms with Gasteiger partial charge in [-0.25, -0.2) is 0 Å². The van der Waals surface area contributed by atoms with Gasteiger partial charge < -0.3 is 14.7 Å². The summed E-state index contributed by atoms with van der Waals surface area (Å²) in [4.78, 5) is 0. The van der Waals surface area contributed by atoms with Crippen molar-refractivity contribution in [1.29, 1.82) is 0 Å². The first-order chi connectivity index (χ1) is 13.1. The number of methoxy groups -OCH3 is 2. The summed E-state index contributed by atoms with van der Waals surface area (Å²) in [6.07, 6.45) is 3.75. The molecule has 2 aromatic rings. The zero-order valence-electron chi connectivity index (χ0n) is 18.0. The molecule has 0 fully saturated rings. The second kappa shape index (κ2) is 7.16. The van der Waals surface area contributed by atoms with E-state index in [1.165, 1.54) is 29.3 Å². The molecule has 0 atom stereocenters. The van der Waals surface area contributed by atoms with Crippen LogP contribution in [0.1, 0.15) is 62.8 Å². The lowest BCUT2D eigenvalue weighted by Crippen LogP contribution is -2.34. The van der Waals surface area contributed by atoms with E-state index >= 15 is 0 Å². The Hall–Kier alpha value is -2.49. The standard InChI is InChI=1S/C24H31NO3/c1-15-10-19-20(24(4,5)9-8-23(19,2)3)13-17(15)18-11-16(14-25-26)12-21(27-6)22(18)28-7/h10-14,26H,8-9H2,1-7H3. The van der Waals surface area contributed by atoms with Crippen LogP contribution in [0.4, 0.5) is 0 Å². The van der Waals surface area contributed by atoms with Crippen LogP contribution in [0.3, 0.4) is 0 Å². The van der Waals surface area contributed by atoms with Gasteiger partial charge in [0.05, 0.1) is 20.4 Å². The number of benzene rings is 2. The van der Waals surface area contributed by atoms with Crippen LogP contribution in [0.15, 0.2) is 29.4 Å². The van der Waals surface area contributed by atoms with Crippen molar-refractivity contribution < 1.29 is 14.7 Å². The number of rotatable bonds is 4. The van der Waals surface area contributed by atoms with Crippen molar-refractivity contribution in [2.45, 2.75) is 58.3 Å². The summed E-state index contributed by atoms with van der Waals surface area (Å²) in [6, 6.07) is 8.45. The minimum Gasteiger partial charge on any atom is -0.493 e. The largest absolute Gasteiger partial charge is 0.493 e. The van der Waals surface area contributed by atoms with Gasteiger partial charge in [-0.1, -0.05) is 38.9 Å². The van der Waals surface area contributed by atoms with Gasteiger partial charge in [0.15, 0.2) is 11.5 Å². The molecule has 0 saturated carbocycles. The lowest BCUT2D eigenvalue weighted by molar-refractivity contribution is 0.321. The van der Waals surface area contributed by atoms with Crippen LogP contribution in [-0.4, -0.2) is 25.6 Å². The number of oxime groups is 1. The van der Waals surface area contributed by atoms with Gasteiger partial charge in [0.25, 0.3) is 0 Å². The molecule has 0 bridgehead atoms. The van der Waals surface area contributed by atoms with E-state index in [4.69, 9.17) is 14.7 Å². The van der Waals surface area contributed by atoms with E-state index in [1.54, 1.807) is 14.2 Å². The fourth-order valence-electron chi connectivity index (χ4n) is 4.34. The summed E-state index contributed by atoms with van der Waals surface area (Å²) in [5.74, 6) is 1.31. The van der Waals surface area contributed by atoms with E-state index < -0.39 is 0 Å². The highest BCUT2D eigenvalue weighted by molar-refractivity contribution is 5.87. The van der Waals surface area contributed by atoms with Gasteiger partial charge in [-0.3, -0.25) is 0 Å². The van der Waals surface area contributed by atoms with Crippen molar-refractivity contribution in [1.82, 2.24) is 0 Å². The van der Waals surface area contributed by atoms with Gasteiger partial charge in [-0.05, 0) is 71.0 Å². The summed E-state index contributed by atoms with van der Waals surface area (Å²) in [7, 11) is 3.27. The van der Waals surface area contributed by atoms with Crippen LogP contribution >= 0.6 is 0 Å². The van der Waals surface area contributed by atoms with Crippen molar-refractivity contribution in [2.75, 3.05) is 14.2 Å². The Bertz CT molecular complexity index is 926. The summed E-state index contributed by atoms with van der Waals surface area (Å²) in [6.45, 7) is 11.5. The van der Waals surface area contributed by atoms with Crippen LogP contribution in [0, 0.1) is 6.92 Å². The Kier molecular flexibility index (Phi) is 5.18. The number of hydrogen-bond donors (Lipinski definition) is 1. The fourth-order valence-corrected chi connectivity index (χ4v) is 4.34. The Morgan fingerprint density at radius 3 is 2.04 bits per heavy atom. The van der Waals surface area contributed by atoms with Crippen LogP contribution in [-0.2, 0) is 10.8 Å². The summed E-state index contributed by atoms with van der Waals surface area (Å²) < 4.78 is 11.3. The Morgan fingerprint density at radius 2 is 1.50 bits per heavy atom. The quantitative estimate of drug-likeness (QED) is 0.411. The predicted octanol–water partition coefficient (Wildman–Crippen LogP) is 5.84. The zero-order valence-corrected chi connectivity index (χ0v) is 18.0. The summed E-state index contributed by atoms with van der Waals surface area (Å²) >= 11 is 0. The third-order valence-electron chi connectivity index (χ3n) is 6.20. The third-order valence-corrected chi connectivity index (χ3v) is 6.20. The van der Waals surface area contributed by atoms with Crippen LogP contribution in [0.5, 0.6) is 11.5 Å². The third kappa shape index (κ3) is 3.36. The first-order valence-electron chi connectivity index (χ1n) is 9.74. The maximum absolute atomic E-state index is 9.01. The molecule has 2 aromatic carbocycles. The highest BCUT2D eigenvalue weighted by atomic mass is 16.5. The van der Waals surface area contributed by atoms with Crippen molar-refractivity contribution in [3.63, 3.8) is 0 Å². The van der Waals surface area contributed by atoms with E-state index in [2.05, 4.69) is 51.9 Å². The highest BCUT2D eigenvalue weighted by Gasteiger charge is 2.37. The molecule has 1 aliphatic carbocycles. The van der Waals surface area contributed by atoms with E-state index in [1.807, 2.05) is 12.1 Å². The van der Waals surface area contributed by atoms with Crippen LogP contribution < -0.4 is 9.47 Å². The molecular formula is C24H31NO3. The van der Waals surface area contributed by atoms with E-state index in [0.717, 1.165) is 23.1 Å². The summed E-state index contributed by atoms with van der Waals surface area (Å²) in [5, 5.41) is 12.2.